The molecule has 0 saturated heterocycles. The van der Waals surface area contributed by atoms with Gasteiger partial charge in [0.05, 0.1) is 11.1 Å². The number of amides is 1. The molecular weight excluding hydrogens is 248 g/mol. The van der Waals surface area contributed by atoms with Crippen molar-refractivity contribution in [1.82, 2.24) is 10.2 Å². The quantitative estimate of drug-likeness (QED) is 0.497. The number of nitrogens with zero attached hydrogens (tertiary/aromatic N) is 2. The number of aromatic amines is 1. The average Bonchev–Trinajstić information content (AvgIpc) is 2.89. The molecule has 2 N–H and O–H groups in total. The molecule has 7 heteroatoms. The first kappa shape index (κ1) is 12.5. The molecule has 0 aliphatic carbocycles. The van der Waals surface area contributed by atoms with Crippen molar-refractivity contribution in [3.63, 3.8) is 0 Å². The number of benzene rings is 1. The summed E-state index contributed by atoms with van der Waals surface area (Å²) in [5.41, 5.74) is 0.560. The number of hydrogen-bond acceptors (Lipinski definition) is 4. The molecule has 0 spiro atoms. The van der Waals surface area contributed by atoms with E-state index in [1.165, 1.54) is 30.5 Å². The zero-order valence-electron chi connectivity index (χ0n) is 9.74. The number of H-pyrrole nitrogens is 1. The number of rotatable bonds is 4. The standard InChI is InChI=1S/C12H10N4O3/c17-12(14-11-6-7-13-15-11)5-4-9-2-1-3-10(8-9)16(18)19/h1-8H,(H2,13,14,15,17)/b5-4+. The van der Waals surface area contributed by atoms with Crippen LogP contribution in [0.25, 0.3) is 6.08 Å². The van der Waals surface area contributed by atoms with Gasteiger partial charge >= 0.3 is 0 Å². The topological polar surface area (TPSA) is 101 Å². The van der Waals surface area contributed by atoms with Gasteiger partial charge in [0.25, 0.3) is 5.69 Å². The smallest absolute Gasteiger partial charge is 0.270 e. The van der Waals surface area contributed by atoms with Gasteiger partial charge in [-0.3, -0.25) is 20.0 Å². The SMILES string of the molecule is O=C(/C=C/c1cccc([N+](=O)[O-])c1)Nc1ccn[nH]1. The summed E-state index contributed by atoms with van der Waals surface area (Å²) >= 11 is 0. The lowest BCUT2D eigenvalue weighted by molar-refractivity contribution is -0.384. The van der Waals surface area contributed by atoms with E-state index in [1.807, 2.05) is 0 Å². The highest BCUT2D eigenvalue weighted by Crippen LogP contribution is 2.14. The summed E-state index contributed by atoms with van der Waals surface area (Å²) < 4.78 is 0. The zero-order valence-corrected chi connectivity index (χ0v) is 9.74. The third-order valence-corrected chi connectivity index (χ3v) is 2.27. The first-order valence-electron chi connectivity index (χ1n) is 5.38. The normalized spacial score (nSPS) is 10.5. The molecule has 2 aromatic rings. The molecule has 0 unspecified atom stereocenters. The van der Waals surface area contributed by atoms with E-state index in [4.69, 9.17) is 0 Å². The summed E-state index contributed by atoms with van der Waals surface area (Å²) in [6, 6.07) is 7.62. The van der Waals surface area contributed by atoms with Crippen molar-refractivity contribution in [2.24, 2.45) is 0 Å². The molecule has 0 atom stereocenters. The van der Waals surface area contributed by atoms with Crippen LogP contribution in [0.1, 0.15) is 5.56 Å². The molecule has 0 radical (unpaired) electrons. The largest absolute Gasteiger partial charge is 0.307 e. The van der Waals surface area contributed by atoms with E-state index in [1.54, 1.807) is 18.2 Å². The molecule has 1 aromatic carbocycles. The number of anilines is 1. The minimum atomic E-state index is -0.484. The van der Waals surface area contributed by atoms with Crippen LogP contribution in [0.3, 0.4) is 0 Å². The number of nitro benzene ring substituents is 1. The lowest BCUT2D eigenvalue weighted by Gasteiger charge is -1.97. The predicted octanol–water partition coefficient (Wildman–Crippen LogP) is 1.97. The highest BCUT2D eigenvalue weighted by molar-refractivity contribution is 6.01. The van der Waals surface area contributed by atoms with Crippen LogP contribution in [0.2, 0.25) is 0 Å². The van der Waals surface area contributed by atoms with E-state index in [2.05, 4.69) is 15.5 Å². The number of non-ortho nitro benzene ring substituents is 1. The number of carbonyl (C=O) groups excluding carboxylic acids is 1. The van der Waals surface area contributed by atoms with E-state index in [-0.39, 0.29) is 11.6 Å². The highest BCUT2D eigenvalue weighted by atomic mass is 16.6. The average molecular weight is 258 g/mol. The summed E-state index contributed by atoms with van der Waals surface area (Å²) in [6.07, 6.45) is 4.30. The van der Waals surface area contributed by atoms with Crippen molar-refractivity contribution in [3.8, 4) is 0 Å². The van der Waals surface area contributed by atoms with Gasteiger partial charge < -0.3 is 5.32 Å². The van der Waals surface area contributed by atoms with Crippen LogP contribution in [-0.2, 0) is 4.79 Å². The van der Waals surface area contributed by atoms with E-state index in [9.17, 15) is 14.9 Å². The van der Waals surface area contributed by atoms with E-state index >= 15 is 0 Å². The Hall–Kier alpha value is -2.96. The van der Waals surface area contributed by atoms with Gasteiger partial charge in [0, 0.05) is 24.3 Å². The second-order valence-electron chi connectivity index (χ2n) is 3.64. The monoisotopic (exact) mass is 258 g/mol. The Balaban J connectivity index is 2.04. The Morgan fingerprint density at radius 3 is 2.95 bits per heavy atom. The minimum Gasteiger partial charge on any atom is -0.307 e. The van der Waals surface area contributed by atoms with Gasteiger partial charge in [0.2, 0.25) is 5.91 Å². The van der Waals surface area contributed by atoms with Gasteiger partial charge in [-0.15, -0.1) is 0 Å². The van der Waals surface area contributed by atoms with E-state index < -0.39 is 4.92 Å². The highest BCUT2D eigenvalue weighted by Gasteiger charge is 2.04. The fraction of sp³-hybridized carbons (Fsp3) is 0. The third kappa shape index (κ3) is 3.50. The predicted molar refractivity (Wildman–Crippen MR) is 69.3 cm³/mol. The number of nitro groups is 1. The van der Waals surface area contributed by atoms with Crippen LogP contribution in [-0.4, -0.2) is 21.0 Å². The molecule has 2 rings (SSSR count). The second kappa shape index (κ2) is 5.58. The van der Waals surface area contributed by atoms with Gasteiger partial charge in [-0.25, -0.2) is 0 Å². The fourth-order valence-corrected chi connectivity index (χ4v) is 1.41. The van der Waals surface area contributed by atoms with Crippen molar-refractivity contribution < 1.29 is 9.72 Å². The van der Waals surface area contributed by atoms with Gasteiger partial charge in [-0.1, -0.05) is 12.1 Å². The third-order valence-electron chi connectivity index (χ3n) is 2.27. The van der Waals surface area contributed by atoms with Crippen molar-refractivity contribution in [1.29, 1.82) is 0 Å². The molecule has 0 fully saturated rings. The summed E-state index contributed by atoms with van der Waals surface area (Å²) in [7, 11) is 0. The van der Waals surface area contributed by atoms with Gasteiger partial charge in [-0.05, 0) is 11.6 Å². The van der Waals surface area contributed by atoms with Gasteiger partial charge in [0.1, 0.15) is 5.82 Å². The molecule has 0 aliphatic heterocycles. The molecule has 1 heterocycles. The van der Waals surface area contributed by atoms with Crippen LogP contribution >= 0.6 is 0 Å². The molecule has 0 bridgehead atoms. The summed E-state index contributed by atoms with van der Waals surface area (Å²) in [5.74, 6) is 0.129. The van der Waals surface area contributed by atoms with Crippen molar-refractivity contribution in [2.75, 3.05) is 5.32 Å². The Labute approximate surface area is 108 Å². The number of nitrogens with one attached hydrogen (secondary N) is 2. The summed E-state index contributed by atoms with van der Waals surface area (Å²) in [6.45, 7) is 0. The van der Waals surface area contributed by atoms with E-state index in [0.717, 1.165) is 0 Å². The molecule has 1 aromatic heterocycles. The fourth-order valence-electron chi connectivity index (χ4n) is 1.41. The molecule has 7 nitrogen and oxygen atoms in total. The summed E-state index contributed by atoms with van der Waals surface area (Å²) in [4.78, 5) is 21.6. The lowest BCUT2D eigenvalue weighted by atomic mass is 10.2. The lowest BCUT2D eigenvalue weighted by Crippen LogP contribution is -2.07. The molecule has 96 valence electrons. The number of carbonyl (C=O) groups is 1. The Bertz CT molecular complexity index is 620. The Morgan fingerprint density at radius 1 is 1.42 bits per heavy atom. The maximum atomic E-state index is 11.5. The maximum Gasteiger partial charge on any atom is 0.270 e. The van der Waals surface area contributed by atoms with Crippen LogP contribution < -0.4 is 5.32 Å². The van der Waals surface area contributed by atoms with Crippen LogP contribution in [0, 0.1) is 10.1 Å². The molecular formula is C12H10N4O3. The minimum absolute atomic E-state index is 0.0175. The molecule has 1 amide bonds. The van der Waals surface area contributed by atoms with Crippen LogP contribution in [0.15, 0.2) is 42.6 Å². The van der Waals surface area contributed by atoms with Crippen LogP contribution in [0.4, 0.5) is 11.5 Å². The van der Waals surface area contributed by atoms with Gasteiger partial charge in [-0.2, -0.15) is 5.10 Å². The number of hydrogen-bond donors (Lipinski definition) is 2. The Kier molecular flexibility index (Phi) is 3.67. The zero-order chi connectivity index (χ0) is 13.7. The van der Waals surface area contributed by atoms with Crippen LogP contribution in [0.5, 0.6) is 0 Å². The Morgan fingerprint density at radius 2 is 2.26 bits per heavy atom. The number of aromatic nitrogens is 2. The molecule has 0 saturated carbocycles. The summed E-state index contributed by atoms with van der Waals surface area (Å²) in [5, 5.41) is 19.4. The maximum absolute atomic E-state index is 11.5. The van der Waals surface area contributed by atoms with Crippen molar-refractivity contribution >= 4 is 23.5 Å². The van der Waals surface area contributed by atoms with Crippen molar-refractivity contribution in [2.45, 2.75) is 0 Å². The van der Waals surface area contributed by atoms with Gasteiger partial charge in [0.15, 0.2) is 0 Å². The van der Waals surface area contributed by atoms with E-state index in [0.29, 0.717) is 11.4 Å². The first-order valence-corrected chi connectivity index (χ1v) is 5.38. The second-order valence-corrected chi connectivity index (χ2v) is 3.64. The molecule has 19 heavy (non-hydrogen) atoms. The molecule has 0 aliphatic rings. The first-order chi connectivity index (χ1) is 9.15. The van der Waals surface area contributed by atoms with Crippen molar-refractivity contribution in [3.05, 3.63) is 58.3 Å².